The van der Waals surface area contributed by atoms with E-state index in [2.05, 4.69) is 4.74 Å². The Bertz CT molecular complexity index is 148. The third-order valence-electron chi connectivity index (χ3n) is 1.59. The van der Waals surface area contributed by atoms with Crippen LogP contribution in [0.15, 0.2) is 0 Å². The molecule has 4 heteroatoms. The second kappa shape index (κ2) is 7.12. The summed E-state index contributed by atoms with van der Waals surface area (Å²) in [5.74, 6) is 2.31. The Morgan fingerprint density at radius 1 is 1.36 bits per heavy atom. The maximum absolute atomic E-state index is 9.60. The van der Waals surface area contributed by atoms with Crippen LogP contribution in [0.3, 0.4) is 0 Å². The topological polar surface area (TPSA) is 46.5 Å². The second-order valence-corrected chi connectivity index (χ2v) is 5.39. The van der Waals surface area contributed by atoms with Gasteiger partial charge in [0.15, 0.2) is 0 Å². The molecule has 0 saturated carbocycles. The van der Waals surface area contributed by atoms with Gasteiger partial charge in [0, 0.05) is 0 Å². The lowest BCUT2D eigenvalue weighted by Gasteiger charge is -2.14. The molecule has 0 unspecified atom stereocenters. The van der Waals surface area contributed by atoms with Crippen LogP contribution >= 0.6 is 11.8 Å². The maximum atomic E-state index is 9.60. The third-order valence-corrected chi connectivity index (χ3v) is 2.64. The molecule has 0 aromatic rings. The van der Waals surface area contributed by atoms with Gasteiger partial charge in [-0.25, -0.2) is 0 Å². The van der Waals surface area contributed by atoms with Gasteiger partial charge < -0.3 is 9.84 Å². The van der Waals surface area contributed by atoms with Gasteiger partial charge in [-0.1, -0.05) is 0 Å². The van der Waals surface area contributed by atoms with Crippen LogP contribution < -0.4 is 0 Å². The number of aliphatic hydroxyl groups excluding tert-OH is 1. The number of carbonyl (C=O) groups excluding carboxylic acids is 1. The Morgan fingerprint density at radius 3 is 2.00 bits per heavy atom. The summed E-state index contributed by atoms with van der Waals surface area (Å²) >= 11 is 1.94. The molecule has 1 saturated heterocycles. The number of thioether (sulfide) groups is 1. The molecule has 1 aliphatic rings. The lowest BCUT2D eigenvalue weighted by Crippen LogP contribution is -2.17. The molecule has 1 N–H and O–H groups in total. The van der Waals surface area contributed by atoms with E-state index < -0.39 is 0 Å². The number of hydrogen-bond acceptors (Lipinski definition) is 4. The minimum Gasteiger partial charge on any atom is -0.462 e. The SMILES string of the molecule is CC(C)(C)OC=O.OC1CCSCC1. The molecule has 1 rings (SSSR count). The van der Waals surface area contributed by atoms with Crippen molar-refractivity contribution in [3.8, 4) is 0 Å². The van der Waals surface area contributed by atoms with Gasteiger partial charge in [0.05, 0.1) is 6.10 Å². The minimum atomic E-state index is -0.318. The molecule has 0 aliphatic carbocycles. The molecule has 0 radical (unpaired) electrons. The van der Waals surface area contributed by atoms with E-state index in [0.29, 0.717) is 6.47 Å². The molecule has 14 heavy (non-hydrogen) atoms. The zero-order valence-electron chi connectivity index (χ0n) is 9.16. The van der Waals surface area contributed by atoms with Gasteiger partial charge in [-0.3, -0.25) is 4.79 Å². The quantitative estimate of drug-likeness (QED) is 0.685. The molecule has 0 atom stereocenters. The Morgan fingerprint density at radius 2 is 1.86 bits per heavy atom. The smallest absolute Gasteiger partial charge is 0.293 e. The summed E-state index contributed by atoms with van der Waals surface area (Å²) in [4.78, 5) is 9.60. The Kier molecular flexibility index (Phi) is 7.01. The number of hydrogen-bond donors (Lipinski definition) is 1. The molecule has 1 heterocycles. The molecule has 3 nitrogen and oxygen atoms in total. The molecule has 0 aromatic carbocycles. The summed E-state index contributed by atoms with van der Waals surface area (Å²) < 4.78 is 4.55. The van der Waals surface area contributed by atoms with Gasteiger partial charge in [-0.05, 0) is 45.1 Å². The van der Waals surface area contributed by atoms with Crippen LogP contribution in [0.1, 0.15) is 33.6 Å². The van der Waals surface area contributed by atoms with Crippen molar-refractivity contribution < 1.29 is 14.6 Å². The number of ether oxygens (including phenoxy) is 1. The zero-order chi connectivity index (χ0) is 11.0. The van der Waals surface area contributed by atoms with E-state index in [1.807, 2.05) is 32.5 Å². The average molecular weight is 220 g/mol. The maximum Gasteiger partial charge on any atom is 0.293 e. The highest BCUT2D eigenvalue weighted by molar-refractivity contribution is 7.99. The van der Waals surface area contributed by atoms with Crippen LogP contribution in [0.2, 0.25) is 0 Å². The lowest BCUT2D eigenvalue weighted by molar-refractivity contribution is -0.138. The van der Waals surface area contributed by atoms with Crippen LogP contribution in [0.5, 0.6) is 0 Å². The molecule has 1 fully saturated rings. The van der Waals surface area contributed by atoms with Crippen LogP contribution in [-0.4, -0.2) is 34.8 Å². The van der Waals surface area contributed by atoms with E-state index in [1.165, 1.54) is 0 Å². The molecule has 0 amide bonds. The van der Waals surface area contributed by atoms with E-state index in [1.54, 1.807) is 0 Å². The molecular weight excluding hydrogens is 200 g/mol. The fourth-order valence-corrected chi connectivity index (χ4v) is 1.91. The monoisotopic (exact) mass is 220 g/mol. The third kappa shape index (κ3) is 9.86. The van der Waals surface area contributed by atoms with E-state index in [-0.39, 0.29) is 11.7 Å². The van der Waals surface area contributed by atoms with Gasteiger partial charge in [0.1, 0.15) is 5.60 Å². The predicted octanol–water partition coefficient (Wildman–Crippen LogP) is 1.83. The highest BCUT2D eigenvalue weighted by Gasteiger charge is 2.08. The van der Waals surface area contributed by atoms with E-state index in [9.17, 15) is 4.79 Å². The molecule has 0 aromatic heterocycles. The van der Waals surface area contributed by atoms with Crippen molar-refractivity contribution in [3.05, 3.63) is 0 Å². The molecule has 84 valence electrons. The summed E-state index contributed by atoms with van der Waals surface area (Å²) in [7, 11) is 0. The van der Waals surface area contributed by atoms with Gasteiger partial charge in [0.25, 0.3) is 6.47 Å². The number of aliphatic hydroxyl groups is 1. The largest absolute Gasteiger partial charge is 0.462 e. The first-order valence-corrected chi connectivity index (χ1v) is 5.98. The van der Waals surface area contributed by atoms with Gasteiger partial charge in [-0.2, -0.15) is 11.8 Å². The minimum absolute atomic E-state index is 0.0150. The van der Waals surface area contributed by atoms with E-state index >= 15 is 0 Å². The van der Waals surface area contributed by atoms with E-state index in [0.717, 1.165) is 24.3 Å². The Balaban J connectivity index is 0.000000241. The van der Waals surface area contributed by atoms with E-state index in [4.69, 9.17) is 5.11 Å². The van der Waals surface area contributed by atoms with Crippen LogP contribution in [0.25, 0.3) is 0 Å². The highest BCUT2D eigenvalue weighted by Crippen LogP contribution is 2.15. The Labute approximate surface area is 90.2 Å². The fourth-order valence-electron chi connectivity index (χ4n) is 0.829. The van der Waals surface area contributed by atoms with Gasteiger partial charge >= 0.3 is 0 Å². The zero-order valence-corrected chi connectivity index (χ0v) is 9.97. The first-order chi connectivity index (χ1) is 6.45. The van der Waals surface area contributed by atoms with Gasteiger partial charge in [0.2, 0.25) is 0 Å². The predicted molar refractivity (Wildman–Crippen MR) is 59.5 cm³/mol. The standard InChI is InChI=1S/C5H10O2.C5H10OS/c1-5(2,3)7-4-6;6-5-1-3-7-4-2-5/h4H,1-3H3;5-6H,1-4H2. The normalized spacial score (nSPS) is 18.0. The molecule has 0 spiro atoms. The van der Waals surface area contributed by atoms with Crippen LogP contribution in [0, 0.1) is 0 Å². The van der Waals surface area contributed by atoms with Crippen molar-refractivity contribution in [2.45, 2.75) is 45.3 Å². The summed E-state index contributed by atoms with van der Waals surface area (Å²) in [6, 6.07) is 0. The number of rotatable bonds is 1. The fraction of sp³-hybridized carbons (Fsp3) is 0.900. The lowest BCUT2D eigenvalue weighted by atomic mass is 10.2. The Hall–Kier alpha value is -0.220. The second-order valence-electron chi connectivity index (χ2n) is 4.17. The highest BCUT2D eigenvalue weighted by atomic mass is 32.2. The summed E-state index contributed by atoms with van der Waals surface area (Å²) in [5.41, 5.74) is -0.318. The summed E-state index contributed by atoms with van der Waals surface area (Å²) in [5, 5.41) is 8.90. The first-order valence-electron chi connectivity index (χ1n) is 4.83. The summed E-state index contributed by atoms with van der Waals surface area (Å²) in [6.07, 6.45) is 2.02. The van der Waals surface area contributed by atoms with Crippen molar-refractivity contribution in [1.82, 2.24) is 0 Å². The average Bonchev–Trinajstić information content (AvgIpc) is 2.04. The van der Waals surface area contributed by atoms with Crippen molar-refractivity contribution in [2.75, 3.05) is 11.5 Å². The molecule has 1 aliphatic heterocycles. The van der Waals surface area contributed by atoms with Crippen LogP contribution in [-0.2, 0) is 9.53 Å². The van der Waals surface area contributed by atoms with Crippen molar-refractivity contribution in [2.24, 2.45) is 0 Å². The summed E-state index contributed by atoms with van der Waals surface area (Å²) in [6.45, 7) is 5.92. The molecule has 0 bridgehead atoms. The number of carbonyl (C=O) groups is 1. The van der Waals surface area contributed by atoms with Crippen LogP contribution in [0.4, 0.5) is 0 Å². The van der Waals surface area contributed by atoms with Crippen molar-refractivity contribution >= 4 is 18.2 Å². The van der Waals surface area contributed by atoms with Crippen molar-refractivity contribution in [3.63, 3.8) is 0 Å². The first kappa shape index (κ1) is 13.8. The van der Waals surface area contributed by atoms with Gasteiger partial charge in [-0.15, -0.1) is 0 Å². The molecular formula is C10H20O3S. The van der Waals surface area contributed by atoms with Crippen molar-refractivity contribution in [1.29, 1.82) is 0 Å².